The molecule has 6 aliphatic rings. The van der Waals surface area contributed by atoms with E-state index in [2.05, 4.69) is 41.5 Å². The summed E-state index contributed by atoms with van der Waals surface area (Å²) in [7, 11) is 0. The Kier molecular flexibility index (Phi) is 17.5. The van der Waals surface area contributed by atoms with Gasteiger partial charge in [0.25, 0.3) is 5.91 Å². The number of ether oxygens (including phenoxy) is 4. The van der Waals surface area contributed by atoms with Gasteiger partial charge >= 0.3 is 5.97 Å². The first-order valence-electron chi connectivity index (χ1n) is 23.9. The Bertz CT molecular complexity index is 1360. The monoisotopic (exact) mass is 833 g/mol. The average Bonchev–Trinajstić information content (AvgIpc) is 3.52. The molecular formula is C45H80N6O8. The van der Waals surface area contributed by atoms with Gasteiger partial charge in [-0.1, -0.05) is 89.7 Å². The van der Waals surface area contributed by atoms with Gasteiger partial charge in [-0.2, -0.15) is 0 Å². The van der Waals surface area contributed by atoms with E-state index in [1.54, 1.807) is 0 Å². The second-order valence-electron chi connectivity index (χ2n) is 18.6. The summed E-state index contributed by atoms with van der Waals surface area (Å²) in [5.74, 6) is -2.60. The molecule has 0 aromatic carbocycles. The molecule has 1 unspecified atom stereocenters. The fourth-order valence-corrected chi connectivity index (χ4v) is 11.1. The molecule has 5 fully saturated rings. The number of nitrogens with zero attached hydrogens (tertiary/aromatic N) is 2. The molecule has 0 aromatic rings. The number of morpholine rings is 1. The summed E-state index contributed by atoms with van der Waals surface area (Å²) < 4.78 is 25.5. The summed E-state index contributed by atoms with van der Waals surface area (Å²) in [6.45, 7) is 5.60. The van der Waals surface area contributed by atoms with Crippen molar-refractivity contribution in [3.8, 4) is 0 Å². The Morgan fingerprint density at radius 3 is 2.31 bits per heavy atom. The van der Waals surface area contributed by atoms with Crippen molar-refractivity contribution in [2.45, 2.75) is 228 Å². The first kappa shape index (κ1) is 46.8. The van der Waals surface area contributed by atoms with Crippen molar-refractivity contribution in [1.29, 1.82) is 0 Å². The smallest absolute Gasteiger partial charge is 0.314 e. The number of carbonyl (C=O) groups is 2. The minimum absolute atomic E-state index is 0.0512. The molecule has 6 aliphatic heterocycles. The lowest BCUT2D eigenvalue weighted by Crippen LogP contribution is -2.81. The molecule has 0 saturated carbocycles. The number of nitrogens with one attached hydrogen (secondary N) is 2. The molecular weight excluding hydrogens is 753 g/mol. The zero-order valence-electron chi connectivity index (χ0n) is 36.5. The molecule has 2 spiro atoms. The average molecular weight is 833 g/mol. The highest BCUT2D eigenvalue weighted by Crippen LogP contribution is 2.49. The topological polar surface area (TPSA) is 194 Å². The summed E-state index contributed by atoms with van der Waals surface area (Å²) in [4.78, 5) is 30.9. The molecule has 11 atom stereocenters. The Hall–Kier alpha value is -1.72. The largest absolute Gasteiger partial charge is 0.465 e. The van der Waals surface area contributed by atoms with Crippen LogP contribution in [0.1, 0.15) is 168 Å². The number of unbranched alkanes of at least 4 members (excludes halogenated alkanes) is 11. The molecule has 59 heavy (non-hydrogen) atoms. The van der Waals surface area contributed by atoms with E-state index in [9.17, 15) is 19.8 Å². The van der Waals surface area contributed by atoms with Crippen molar-refractivity contribution in [3.63, 3.8) is 0 Å². The zero-order chi connectivity index (χ0) is 41.9. The van der Waals surface area contributed by atoms with Crippen molar-refractivity contribution in [1.82, 2.24) is 20.4 Å². The number of allylic oxidation sites excluding steroid dienone is 1. The first-order valence-corrected chi connectivity index (χ1v) is 23.9. The lowest BCUT2D eigenvalue weighted by atomic mass is 9.79. The van der Waals surface area contributed by atoms with Crippen molar-refractivity contribution in [2.75, 3.05) is 26.2 Å². The third kappa shape index (κ3) is 11.5. The quantitative estimate of drug-likeness (QED) is 0.0486. The van der Waals surface area contributed by atoms with Crippen LogP contribution >= 0.6 is 0 Å². The number of esters is 1. The highest BCUT2D eigenvalue weighted by Gasteiger charge is 2.64. The van der Waals surface area contributed by atoms with Crippen LogP contribution in [0, 0.1) is 5.92 Å². The number of aliphatic hydroxyl groups is 2. The molecule has 14 nitrogen and oxygen atoms in total. The van der Waals surface area contributed by atoms with E-state index in [-0.39, 0.29) is 67.6 Å². The van der Waals surface area contributed by atoms with E-state index >= 15 is 0 Å². The maximum atomic E-state index is 14.1. The summed E-state index contributed by atoms with van der Waals surface area (Å²) in [6.07, 6.45) is 25.4. The molecule has 14 heteroatoms. The molecule has 8 N–H and O–H groups in total. The fourth-order valence-electron chi connectivity index (χ4n) is 11.1. The zero-order valence-corrected chi connectivity index (χ0v) is 36.5. The molecule has 1 amide bonds. The predicted molar refractivity (Wildman–Crippen MR) is 226 cm³/mol. The van der Waals surface area contributed by atoms with Crippen molar-refractivity contribution < 1.29 is 38.7 Å². The van der Waals surface area contributed by atoms with Crippen LogP contribution in [0.2, 0.25) is 0 Å². The van der Waals surface area contributed by atoms with E-state index in [0.717, 1.165) is 103 Å². The number of hydrogen-bond donors (Lipinski definition) is 6. The van der Waals surface area contributed by atoms with Gasteiger partial charge in [-0.25, -0.2) is 0 Å². The number of hydrogen-bond acceptors (Lipinski definition) is 13. The summed E-state index contributed by atoms with van der Waals surface area (Å²) in [6, 6.07) is 0.436. The molecule has 338 valence electrons. The van der Waals surface area contributed by atoms with E-state index in [1.807, 2.05) is 0 Å². The molecule has 6 heterocycles. The van der Waals surface area contributed by atoms with Crippen molar-refractivity contribution in [3.05, 3.63) is 12.2 Å². The van der Waals surface area contributed by atoms with E-state index in [1.165, 1.54) is 37.0 Å². The first-order chi connectivity index (χ1) is 28.6. The highest BCUT2D eigenvalue weighted by atomic mass is 16.7. The lowest BCUT2D eigenvalue weighted by Gasteiger charge is -2.60. The van der Waals surface area contributed by atoms with Gasteiger partial charge in [0.15, 0.2) is 6.23 Å². The molecule has 0 bridgehead atoms. The van der Waals surface area contributed by atoms with Gasteiger partial charge in [0.2, 0.25) is 5.79 Å². The maximum absolute atomic E-state index is 14.1. The third-order valence-electron chi connectivity index (χ3n) is 14.1. The van der Waals surface area contributed by atoms with Gasteiger partial charge in [-0.3, -0.25) is 25.1 Å². The molecule has 5 saturated heterocycles. The molecule has 0 aromatic heterocycles. The van der Waals surface area contributed by atoms with Gasteiger partial charge in [-0.15, -0.1) is 0 Å². The van der Waals surface area contributed by atoms with Gasteiger partial charge in [-0.05, 0) is 90.6 Å². The van der Waals surface area contributed by atoms with Crippen LogP contribution in [0.4, 0.5) is 0 Å². The number of rotatable bonds is 22. The van der Waals surface area contributed by atoms with Crippen LogP contribution in [0.25, 0.3) is 0 Å². The molecule has 0 aliphatic carbocycles. The van der Waals surface area contributed by atoms with Crippen LogP contribution in [-0.4, -0.2) is 118 Å². The van der Waals surface area contributed by atoms with E-state index in [4.69, 9.17) is 30.4 Å². The van der Waals surface area contributed by atoms with E-state index < -0.39 is 23.8 Å². The lowest BCUT2D eigenvalue weighted by molar-refractivity contribution is -0.325. The standard InChI is InChI=1S/C45H80N6O8/c1-3-35-21-15-16-25-43(58-35)32-34-23-24-36-38(44(26-18-20-33(2)57-44)49-42(48-43)51(34)36)40(53)56-31-17-13-11-9-7-5-4-6-8-10-12-14-22-37-39(52)50(30-19-28-46)41(54)45(55,59-37)27-29-47/h15,21,33-38,41-42,48-49,54-55H,3-14,16-20,22-32,46-47H2,1-2H3/t33-,34+,35+,36-,37-,38-,41-,42?,43+,44-,45+/m0/s1. The minimum atomic E-state index is -1.85. The van der Waals surface area contributed by atoms with Crippen LogP contribution in [-0.2, 0) is 28.5 Å². The predicted octanol–water partition coefficient (Wildman–Crippen LogP) is 4.99. The normalized spacial score (nSPS) is 37.3. The number of carbonyl (C=O) groups excluding carboxylic acids is 2. The molecule has 6 rings (SSSR count). The van der Waals surface area contributed by atoms with Crippen LogP contribution in [0.5, 0.6) is 0 Å². The number of nitrogens with two attached hydrogens (primary N) is 2. The Morgan fingerprint density at radius 1 is 0.915 bits per heavy atom. The maximum Gasteiger partial charge on any atom is 0.314 e. The fraction of sp³-hybridized carbons (Fsp3) is 0.911. The summed E-state index contributed by atoms with van der Waals surface area (Å²) in [5, 5.41) is 29.4. The van der Waals surface area contributed by atoms with Crippen molar-refractivity contribution in [2.24, 2.45) is 17.4 Å². The van der Waals surface area contributed by atoms with E-state index in [0.29, 0.717) is 32.0 Å². The second-order valence-corrected chi connectivity index (χ2v) is 18.6. The second kappa shape index (κ2) is 22.1. The van der Waals surface area contributed by atoms with Crippen LogP contribution < -0.4 is 22.1 Å². The Balaban J connectivity index is 0.845. The SMILES string of the molecule is CC[C@@H]1C=CCC[C@]2(C[C@H]3CC[C@H]4[C@@H](C(=O)OCCCCCCCCCCCCCC[C@@H]5O[C@](O)(CCN)[C@H](O)N(CCCN)C5=O)[C@@]5(CCC[C@H](C)O5)NC(N2)N34)O1. The van der Waals surface area contributed by atoms with Crippen molar-refractivity contribution >= 4 is 11.9 Å². The number of amides is 1. The minimum Gasteiger partial charge on any atom is -0.465 e. The van der Waals surface area contributed by atoms with Crippen LogP contribution in [0.15, 0.2) is 12.2 Å². The van der Waals surface area contributed by atoms with Gasteiger partial charge in [0.05, 0.1) is 18.8 Å². The van der Waals surface area contributed by atoms with Gasteiger partial charge in [0.1, 0.15) is 29.8 Å². The van der Waals surface area contributed by atoms with Crippen LogP contribution in [0.3, 0.4) is 0 Å². The number of aliphatic hydroxyl groups excluding tert-OH is 1. The third-order valence-corrected chi connectivity index (χ3v) is 14.1. The summed E-state index contributed by atoms with van der Waals surface area (Å²) >= 11 is 0. The Morgan fingerprint density at radius 2 is 1.63 bits per heavy atom. The Labute approximate surface area is 354 Å². The van der Waals surface area contributed by atoms with Gasteiger partial charge in [0, 0.05) is 31.5 Å². The van der Waals surface area contributed by atoms with Gasteiger partial charge < -0.3 is 45.5 Å². The molecule has 0 radical (unpaired) electrons. The summed E-state index contributed by atoms with van der Waals surface area (Å²) in [5.41, 5.74) is 10.2. The highest BCUT2D eigenvalue weighted by molar-refractivity contribution is 5.82.